The first-order valence-corrected chi connectivity index (χ1v) is 6.34. The first kappa shape index (κ1) is 13.0. The molecule has 0 radical (unpaired) electrons. The highest BCUT2D eigenvalue weighted by Crippen LogP contribution is 2.26. The molecule has 1 unspecified atom stereocenters. The lowest BCUT2D eigenvalue weighted by Crippen LogP contribution is -2.37. The third kappa shape index (κ3) is 2.04. The van der Waals surface area contributed by atoms with E-state index < -0.39 is 11.6 Å². The molecule has 0 aliphatic carbocycles. The van der Waals surface area contributed by atoms with Crippen molar-refractivity contribution < 1.29 is 19.4 Å². The van der Waals surface area contributed by atoms with E-state index in [1.165, 1.54) is 0 Å². The number of nitrogens with zero attached hydrogens (tertiary/aromatic N) is 3. The van der Waals surface area contributed by atoms with Gasteiger partial charge in [0.2, 0.25) is 0 Å². The molecule has 0 spiro atoms. The Morgan fingerprint density at radius 3 is 3.10 bits per heavy atom. The van der Waals surface area contributed by atoms with E-state index in [0.717, 1.165) is 6.42 Å². The molecular weight excluding hydrogens is 262 g/mol. The normalized spacial score (nSPS) is 22.4. The van der Waals surface area contributed by atoms with Crippen LogP contribution in [-0.2, 0) is 16.0 Å². The van der Waals surface area contributed by atoms with Gasteiger partial charge in [-0.05, 0) is 12.1 Å². The van der Waals surface area contributed by atoms with Gasteiger partial charge in [-0.2, -0.15) is 0 Å². The number of aromatic carboxylic acids is 1. The average molecular weight is 277 g/mol. The highest BCUT2D eigenvalue weighted by Gasteiger charge is 2.36. The topological polar surface area (TPSA) is 86.5 Å². The smallest absolute Gasteiger partial charge is 0.337 e. The van der Waals surface area contributed by atoms with Crippen molar-refractivity contribution in [3.63, 3.8) is 0 Å². The molecule has 1 fully saturated rings. The third-order valence-electron chi connectivity index (χ3n) is 3.70. The Labute approximate surface area is 115 Å². The number of para-hydroxylation sites is 1. The van der Waals surface area contributed by atoms with Gasteiger partial charge in [0.15, 0.2) is 0 Å². The standard InChI is InChI=1S/C13H15N3O4/c1-19-13(5-6-20-8-13)7-16-11-9(12(17)18)3-2-4-10(11)14-15-16/h2-4H,5-8H2,1H3,(H,17,18). The van der Waals surface area contributed by atoms with Crippen molar-refractivity contribution in [3.8, 4) is 0 Å². The van der Waals surface area contributed by atoms with Gasteiger partial charge in [0.05, 0.1) is 18.7 Å². The molecule has 3 rings (SSSR count). The van der Waals surface area contributed by atoms with Crippen molar-refractivity contribution in [1.82, 2.24) is 15.0 Å². The van der Waals surface area contributed by atoms with Crippen LogP contribution in [-0.4, -0.2) is 52.0 Å². The molecule has 0 bridgehead atoms. The minimum atomic E-state index is -0.992. The van der Waals surface area contributed by atoms with Gasteiger partial charge in [0, 0.05) is 20.1 Å². The van der Waals surface area contributed by atoms with Crippen LogP contribution in [0.1, 0.15) is 16.8 Å². The van der Waals surface area contributed by atoms with E-state index in [2.05, 4.69) is 10.3 Å². The molecule has 2 aromatic rings. The Hall–Kier alpha value is -1.99. The van der Waals surface area contributed by atoms with Crippen molar-refractivity contribution in [3.05, 3.63) is 23.8 Å². The summed E-state index contributed by atoms with van der Waals surface area (Å²) in [6.07, 6.45) is 0.750. The van der Waals surface area contributed by atoms with Gasteiger partial charge in [-0.1, -0.05) is 11.3 Å². The van der Waals surface area contributed by atoms with Crippen molar-refractivity contribution in [2.24, 2.45) is 0 Å². The molecule has 1 aliphatic heterocycles. The maximum atomic E-state index is 11.3. The van der Waals surface area contributed by atoms with E-state index in [-0.39, 0.29) is 5.56 Å². The summed E-state index contributed by atoms with van der Waals surface area (Å²) >= 11 is 0. The monoisotopic (exact) mass is 277 g/mol. The van der Waals surface area contributed by atoms with Crippen LogP contribution >= 0.6 is 0 Å². The Morgan fingerprint density at radius 2 is 2.45 bits per heavy atom. The molecule has 1 saturated heterocycles. The second-order valence-electron chi connectivity index (χ2n) is 4.92. The summed E-state index contributed by atoms with van der Waals surface area (Å²) in [5.74, 6) is -0.992. The SMILES string of the molecule is COC1(Cn2nnc3cccc(C(=O)O)c32)CCOC1. The highest BCUT2D eigenvalue weighted by molar-refractivity contribution is 6.00. The van der Waals surface area contributed by atoms with Crippen LogP contribution in [0.2, 0.25) is 0 Å². The molecule has 2 heterocycles. The maximum absolute atomic E-state index is 11.3. The fourth-order valence-electron chi connectivity index (χ4n) is 2.53. The first-order chi connectivity index (χ1) is 9.65. The molecule has 1 aliphatic rings. The van der Waals surface area contributed by atoms with Crippen LogP contribution in [0.25, 0.3) is 11.0 Å². The van der Waals surface area contributed by atoms with Crippen LogP contribution in [0.3, 0.4) is 0 Å². The van der Waals surface area contributed by atoms with E-state index in [0.29, 0.717) is 30.8 Å². The van der Waals surface area contributed by atoms with Crippen LogP contribution in [0, 0.1) is 0 Å². The van der Waals surface area contributed by atoms with Crippen molar-refractivity contribution in [2.75, 3.05) is 20.3 Å². The molecule has 7 nitrogen and oxygen atoms in total. The van der Waals surface area contributed by atoms with Crippen LogP contribution in [0.4, 0.5) is 0 Å². The summed E-state index contributed by atoms with van der Waals surface area (Å²) in [5.41, 5.74) is 0.808. The maximum Gasteiger partial charge on any atom is 0.337 e. The zero-order valence-electron chi connectivity index (χ0n) is 11.1. The quantitative estimate of drug-likeness (QED) is 0.894. The van der Waals surface area contributed by atoms with E-state index in [1.54, 1.807) is 30.0 Å². The minimum absolute atomic E-state index is 0.192. The minimum Gasteiger partial charge on any atom is -0.478 e. The summed E-state index contributed by atoms with van der Waals surface area (Å²) in [4.78, 5) is 11.3. The zero-order chi connectivity index (χ0) is 14.2. The number of rotatable bonds is 4. The molecule has 7 heteroatoms. The second kappa shape index (κ2) is 4.84. The van der Waals surface area contributed by atoms with Gasteiger partial charge in [-0.25, -0.2) is 9.48 Å². The summed E-state index contributed by atoms with van der Waals surface area (Å²) in [5, 5.41) is 17.4. The number of ether oxygens (including phenoxy) is 2. The molecule has 1 N–H and O–H groups in total. The molecule has 20 heavy (non-hydrogen) atoms. The van der Waals surface area contributed by atoms with Crippen molar-refractivity contribution >= 4 is 17.0 Å². The summed E-state index contributed by atoms with van der Waals surface area (Å²) in [6.45, 7) is 1.52. The Morgan fingerprint density at radius 1 is 1.60 bits per heavy atom. The number of hydrogen-bond donors (Lipinski definition) is 1. The van der Waals surface area contributed by atoms with E-state index in [9.17, 15) is 9.90 Å². The number of aromatic nitrogens is 3. The lowest BCUT2D eigenvalue weighted by Gasteiger charge is -2.25. The van der Waals surface area contributed by atoms with Crippen LogP contribution < -0.4 is 0 Å². The number of fused-ring (bicyclic) bond motifs is 1. The molecule has 1 aromatic carbocycles. The van der Waals surface area contributed by atoms with E-state index in [4.69, 9.17) is 9.47 Å². The van der Waals surface area contributed by atoms with Gasteiger partial charge in [0.1, 0.15) is 16.6 Å². The molecule has 1 atom stereocenters. The van der Waals surface area contributed by atoms with Gasteiger partial charge >= 0.3 is 5.97 Å². The molecule has 106 valence electrons. The predicted molar refractivity (Wildman–Crippen MR) is 69.7 cm³/mol. The predicted octanol–water partition coefficient (Wildman–Crippen LogP) is 0.935. The Kier molecular flexibility index (Phi) is 3.15. The van der Waals surface area contributed by atoms with Gasteiger partial charge in [-0.3, -0.25) is 0 Å². The highest BCUT2D eigenvalue weighted by atomic mass is 16.5. The van der Waals surface area contributed by atoms with E-state index in [1.807, 2.05) is 0 Å². The fraction of sp³-hybridized carbons (Fsp3) is 0.462. The molecular formula is C13H15N3O4. The molecule has 0 amide bonds. The Balaban J connectivity index is 2.06. The molecule has 1 aromatic heterocycles. The lowest BCUT2D eigenvalue weighted by molar-refractivity contribution is -0.0312. The second-order valence-corrected chi connectivity index (χ2v) is 4.92. The van der Waals surface area contributed by atoms with E-state index >= 15 is 0 Å². The van der Waals surface area contributed by atoms with Gasteiger partial charge in [-0.15, -0.1) is 5.10 Å². The van der Waals surface area contributed by atoms with Crippen LogP contribution in [0.15, 0.2) is 18.2 Å². The average Bonchev–Trinajstić information content (AvgIpc) is 3.07. The van der Waals surface area contributed by atoms with Crippen molar-refractivity contribution in [2.45, 2.75) is 18.6 Å². The molecule has 0 saturated carbocycles. The number of benzene rings is 1. The lowest BCUT2D eigenvalue weighted by atomic mass is 10.0. The number of carboxylic acid groups (broad SMARTS) is 1. The number of carboxylic acids is 1. The summed E-state index contributed by atoms with van der Waals surface area (Å²) < 4.78 is 12.5. The largest absolute Gasteiger partial charge is 0.478 e. The number of hydrogen-bond acceptors (Lipinski definition) is 5. The van der Waals surface area contributed by atoms with Gasteiger partial charge in [0.25, 0.3) is 0 Å². The van der Waals surface area contributed by atoms with Gasteiger partial charge < -0.3 is 14.6 Å². The number of carbonyl (C=O) groups is 1. The Bertz CT molecular complexity index is 646. The fourth-order valence-corrected chi connectivity index (χ4v) is 2.53. The summed E-state index contributed by atoms with van der Waals surface area (Å²) in [6, 6.07) is 4.96. The first-order valence-electron chi connectivity index (χ1n) is 6.34. The summed E-state index contributed by atoms with van der Waals surface area (Å²) in [7, 11) is 1.63. The van der Waals surface area contributed by atoms with Crippen LogP contribution in [0.5, 0.6) is 0 Å². The van der Waals surface area contributed by atoms with Crippen molar-refractivity contribution in [1.29, 1.82) is 0 Å². The third-order valence-corrected chi connectivity index (χ3v) is 3.70. The zero-order valence-corrected chi connectivity index (χ0v) is 11.1. The number of methoxy groups -OCH3 is 1.